The maximum Gasteiger partial charge on any atom is 0.146 e. The van der Waals surface area contributed by atoms with Crippen molar-refractivity contribution in [1.82, 2.24) is 5.32 Å². The Kier molecular flexibility index (Phi) is 4.99. The number of fused-ring (bicyclic) bond motifs is 9. The van der Waals surface area contributed by atoms with Crippen LogP contribution in [-0.2, 0) is 0 Å². The molecule has 10 rings (SSSR count). The Labute approximate surface area is 256 Å². The van der Waals surface area contributed by atoms with E-state index in [-0.39, 0.29) is 6.17 Å². The van der Waals surface area contributed by atoms with E-state index in [1.165, 1.54) is 0 Å². The number of nitrogens with zero attached hydrogens (tertiary/aromatic N) is 1. The van der Waals surface area contributed by atoms with Crippen molar-refractivity contribution in [3.05, 3.63) is 150 Å². The fourth-order valence-electron chi connectivity index (χ4n) is 7.00. The van der Waals surface area contributed by atoms with Gasteiger partial charge in [-0.1, -0.05) is 91.0 Å². The average Bonchev–Trinajstić information content (AvgIpc) is 3.79. The molecule has 1 aliphatic rings. The smallest absolute Gasteiger partial charge is 0.146 e. The van der Waals surface area contributed by atoms with Gasteiger partial charge in [-0.25, -0.2) is 0 Å². The van der Waals surface area contributed by atoms with Crippen molar-refractivity contribution in [3.8, 4) is 0 Å². The van der Waals surface area contributed by atoms with Crippen molar-refractivity contribution in [2.24, 2.45) is 4.99 Å². The van der Waals surface area contributed by atoms with Crippen LogP contribution in [0.1, 0.15) is 22.9 Å². The lowest BCUT2D eigenvalue weighted by Crippen LogP contribution is -2.25. The van der Waals surface area contributed by atoms with E-state index in [9.17, 15) is 0 Å². The first kappa shape index (κ1) is 24.4. The topological polar surface area (TPSA) is 63.8 Å². The summed E-state index contributed by atoms with van der Waals surface area (Å²) in [5.74, 6) is 0. The Morgan fingerprint density at radius 2 is 0.911 bits per heavy atom. The maximum atomic E-state index is 6.29. The summed E-state index contributed by atoms with van der Waals surface area (Å²) in [6.45, 7) is 0. The number of benzene rings is 6. The zero-order chi connectivity index (χ0) is 29.5. The molecular weight excluding hydrogens is 556 g/mol. The number of hydrogen-bond acceptors (Lipinski definition) is 5. The highest BCUT2D eigenvalue weighted by Gasteiger charge is 2.26. The fraction of sp³-hybridized carbons (Fsp3) is 0.0250. The molecule has 1 aliphatic heterocycles. The lowest BCUT2D eigenvalue weighted by molar-refractivity contribution is 0.658. The third kappa shape index (κ3) is 3.58. The minimum Gasteiger partial charge on any atom is -0.456 e. The van der Waals surface area contributed by atoms with Crippen molar-refractivity contribution in [1.29, 1.82) is 0 Å². The second kappa shape index (κ2) is 9.21. The number of nitrogens with one attached hydrogen (secondary N) is 1. The van der Waals surface area contributed by atoms with Crippen LogP contribution in [0.4, 0.5) is 0 Å². The highest BCUT2D eigenvalue weighted by molar-refractivity contribution is 6.24. The molecule has 0 fully saturated rings. The molecule has 5 nitrogen and oxygen atoms in total. The maximum absolute atomic E-state index is 6.29. The van der Waals surface area contributed by atoms with Gasteiger partial charge in [0, 0.05) is 54.7 Å². The normalized spacial score (nSPS) is 15.3. The third-order valence-corrected chi connectivity index (χ3v) is 8.94. The second-order valence-electron chi connectivity index (χ2n) is 11.5. The molecule has 1 N–H and O–H groups in total. The van der Waals surface area contributed by atoms with Gasteiger partial charge in [-0.15, -0.1) is 0 Å². The molecule has 4 heterocycles. The van der Waals surface area contributed by atoms with Gasteiger partial charge in [-0.05, 0) is 42.5 Å². The predicted octanol–water partition coefficient (Wildman–Crippen LogP) is 10.5. The molecule has 9 aromatic rings. The van der Waals surface area contributed by atoms with Gasteiger partial charge in [-0.3, -0.25) is 4.99 Å². The molecule has 5 heteroatoms. The van der Waals surface area contributed by atoms with Crippen molar-refractivity contribution >= 4 is 77.2 Å². The molecule has 3 aromatic heterocycles. The summed E-state index contributed by atoms with van der Waals surface area (Å²) in [6, 6.07) is 43.3. The molecule has 6 aromatic carbocycles. The zero-order valence-electron chi connectivity index (χ0n) is 24.0. The molecule has 45 heavy (non-hydrogen) atoms. The first-order valence-electron chi connectivity index (χ1n) is 15.1. The Bertz CT molecular complexity index is 2700. The van der Waals surface area contributed by atoms with Gasteiger partial charge in [0.2, 0.25) is 0 Å². The molecular formula is C40H24N2O3. The van der Waals surface area contributed by atoms with Gasteiger partial charge in [0.25, 0.3) is 0 Å². The molecule has 0 amide bonds. The Balaban J connectivity index is 1.26. The minimum atomic E-state index is -0.383. The van der Waals surface area contributed by atoms with E-state index in [2.05, 4.69) is 72.1 Å². The molecule has 1 unspecified atom stereocenters. The molecule has 212 valence electrons. The van der Waals surface area contributed by atoms with Crippen molar-refractivity contribution < 1.29 is 13.3 Å². The zero-order valence-corrected chi connectivity index (χ0v) is 24.0. The van der Waals surface area contributed by atoms with Crippen LogP contribution in [0.25, 0.3) is 71.5 Å². The van der Waals surface area contributed by atoms with Crippen molar-refractivity contribution in [2.45, 2.75) is 6.17 Å². The van der Waals surface area contributed by atoms with Gasteiger partial charge in [0.05, 0.1) is 5.71 Å². The molecule has 1 atom stereocenters. The van der Waals surface area contributed by atoms with E-state index in [1.54, 1.807) is 0 Å². The minimum absolute atomic E-state index is 0.383. The molecule has 0 radical (unpaired) electrons. The Morgan fingerprint density at radius 1 is 0.444 bits per heavy atom. The SMILES string of the molecule is C1=C(c2cccc3oc4ccccc4c23)NC(c2cccc3oc4ccccc4c23)N=C1c1cccc2oc3ccccc3c12. The lowest BCUT2D eigenvalue weighted by Gasteiger charge is -2.26. The summed E-state index contributed by atoms with van der Waals surface area (Å²) < 4.78 is 18.9. The number of para-hydroxylation sites is 3. The predicted molar refractivity (Wildman–Crippen MR) is 182 cm³/mol. The number of hydrogen-bond donors (Lipinski definition) is 1. The van der Waals surface area contributed by atoms with Gasteiger partial charge < -0.3 is 18.6 Å². The molecule has 0 saturated carbocycles. The van der Waals surface area contributed by atoms with E-state index in [1.807, 2.05) is 66.7 Å². The van der Waals surface area contributed by atoms with Crippen LogP contribution < -0.4 is 5.32 Å². The van der Waals surface area contributed by atoms with Crippen LogP contribution >= 0.6 is 0 Å². The quantitative estimate of drug-likeness (QED) is 0.226. The van der Waals surface area contributed by atoms with E-state index in [4.69, 9.17) is 18.2 Å². The van der Waals surface area contributed by atoms with Crippen LogP contribution in [0.3, 0.4) is 0 Å². The fourth-order valence-corrected chi connectivity index (χ4v) is 7.00. The number of aliphatic imine (C=N–C) groups is 1. The van der Waals surface area contributed by atoms with Crippen LogP contribution in [0.2, 0.25) is 0 Å². The first-order chi connectivity index (χ1) is 22.3. The summed E-state index contributed by atoms with van der Waals surface area (Å²) in [5.41, 5.74) is 10.1. The molecule has 0 bridgehead atoms. The Morgan fingerprint density at radius 3 is 1.53 bits per heavy atom. The van der Waals surface area contributed by atoms with Gasteiger partial charge in [-0.2, -0.15) is 0 Å². The average molecular weight is 581 g/mol. The Hall–Kier alpha value is -6.07. The monoisotopic (exact) mass is 580 g/mol. The van der Waals surface area contributed by atoms with E-state index in [0.717, 1.165) is 93.9 Å². The first-order valence-corrected chi connectivity index (χ1v) is 15.1. The van der Waals surface area contributed by atoms with Gasteiger partial charge in [0.1, 0.15) is 39.7 Å². The number of allylic oxidation sites excluding steroid dienone is 1. The van der Waals surface area contributed by atoms with Crippen molar-refractivity contribution in [3.63, 3.8) is 0 Å². The second-order valence-corrected chi connectivity index (χ2v) is 11.5. The van der Waals surface area contributed by atoms with Crippen LogP contribution in [0, 0.1) is 0 Å². The molecule has 0 spiro atoms. The summed E-state index contributed by atoms with van der Waals surface area (Å²) in [5, 5.41) is 10.2. The van der Waals surface area contributed by atoms with E-state index < -0.39 is 0 Å². The van der Waals surface area contributed by atoms with Crippen LogP contribution in [0.5, 0.6) is 0 Å². The lowest BCUT2D eigenvalue weighted by atomic mass is 9.95. The standard InChI is InChI=1S/C40H24N2O3/c1-4-16-31-25(10-1)37-23(13-7-19-34(37)43-31)29-22-30(24-14-8-20-35-38(24)26-11-2-5-17-32(26)44-35)42-40(41-29)28-15-9-21-36-39(28)27-12-3-6-18-33(27)45-36/h1-22,40-41H. The molecule has 0 aliphatic carbocycles. The summed E-state index contributed by atoms with van der Waals surface area (Å²) in [4.78, 5) is 5.42. The highest BCUT2D eigenvalue weighted by Crippen LogP contribution is 2.40. The summed E-state index contributed by atoms with van der Waals surface area (Å²) >= 11 is 0. The van der Waals surface area contributed by atoms with Gasteiger partial charge >= 0.3 is 0 Å². The number of rotatable bonds is 3. The molecule has 0 saturated heterocycles. The van der Waals surface area contributed by atoms with E-state index >= 15 is 0 Å². The number of furan rings is 3. The summed E-state index contributed by atoms with van der Waals surface area (Å²) in [7, 11) is 0. The van der Waals surface area contributed by atoms with Crippen molar-refractivity contribution in [2.75, 3.05) is 0 Å². The third-order valence-electron chi connectivity index (χ3n) is 8.94. The van der Waals surface area contributed by atoms with Crippen LogP contribution in [-0.4, -0.2) is 5.71 Å². The summed E-state index contributed by atoms with van der Waals surface area (Å²) in [6.07, 6.45) is 1.78. The van der Waals surface area contributed by atoms with Gasteiger partial charge in [0.15, 0.2) is 0 Å². The highest BCUT2D eigenvalue weighted by atomic mass is 16.3. The van der Waals surface area contributed by atoms with Crippen LogP contribution in [0.15, 0.2) is 152 Å². The van der Waals surface area contributed by atoms with E-state index in [0.29, 0.717) is 0 Å². The largest absolute Gasteiger partial charge is 0.456 e.